The standard InChI is InChI=1S/C13H13F3N2S/c1-7-6-19-13(18-7)8(2)17-5-9-3-10(14)12(16)11(15)4-9/h3-4,6,8,17H,5H2,1-2H3. The van der Waals surface area contributed by atoms with Crippen molar-refractivity contribution in [1.82, 2.24) is 10.3 Å². The number of benzene rings is 1. The maximum Gasteiger partial charge on any atom is 0.194 e. The first-order valence-electron chi connectivity index (χ1n) is 5.76. The number of hydrogen-bond donors (Lipinski definition) is 1. The number of hydrogen-bond acceptors (Lipinski definition) is 3. The van der Waals surface area contributed by atoms with Crippen LogP contribution in [0.4, 0.5) is 13.2 Å². The molecule has 1 unspecified atom stereocenters. The van der Waals surface area contributed by atoms with Crippen molar-refractivity contribution in [2.75, 3.05) is 0 Å². The summed E-state index contributed by atoms with van der Waals surface area (Å²) < 4.78 is 38.9. The Morgan fingerprint density at radius 3 is 2.42 bits per heavy atom. The number of rotatable bonds is 4. The Morgan fingerprint density at radius 1 is 1.26 bits per heavy atom. The Kier molecular flexibility index (Phi) is 4.21. The van der Waals surface area contributed by atoms with E-state index in [1.165, 1.54) is 11.3 Å². The van der Waals surface area contributed by atoms with Gasteiger partial charge >= 0.3 is 0 Å². The highest BCUT2D eigenvalue weighted by Crippen LogP contribution is 2.19. The van der Waals surface area contributed by atoms with Crippen LogP contribution in [0, 0.1) is 24.4 Å². The molecule has 102 valence electrons. The van der Waals surface area contributed by atoms with Crippen LogP contribution in [0.2, 0.25) is 0 Å². The average Bonchev–Trinajstić information content (AvgIpc) is 2.79. The summed E-state index contributed by atoms with van der Waals surface area (Å²) in [6.07, 6.45) is 0. The van der Waals surface area contributed by atoms with E-state index in [9.17, 15) is 13.2 Å². The number of aryl methyl sites for hydroxylation is 1. The first-order chi connectivity index (χ1) is 8.97. The molecule has 0 aliphatic rings. The van der Waals surface area contributed by atoms with Gasteiger partial charge in [-0.05, 0) is 31.5 Å². The fourth-order valence-electron chi connectivity index (χ4n) is 1.64. The smallest absolute Gasteiger partial charge is 0.194 e. The van der Waals surface area contributed by atoms with E-state index in [4.69, 9.17) is 0 Å². The second kappa shape index (κ2) is 5.71. The van der Waals surface area contributed by atoms with Crippen molar-refractivity contribution in [1.29, 1.82) is 0 Å². The first-order valence-corrected chi connectivity index (χ1v) is 6.64. The molecule has 0 aliphatic carbocycles. The normalized spacial score (nSPS) is 12.7. The Labute approximate surface area is 113 Å². The minimum absolute atomic E-state index is 0.0325. The molecular formula is C13H13F3N2S. The molecule has 0 radical (unpaired) electrons. The molecule has 6 heteroatoms. The first kappa shape index (κ1) is 14.0. The molecular weight excluding hydrogens is 273 g/mol. The Bertz CT molecular complexity index is 560. The average molecular weight is 286 g/mol. The zero-order chi connectivity index (χ0) is 14.0. The summed E-state index contributed by atoms with van der Waals surface area (Å²) >= 11 is 1.52. The molecule has 0 aliphatic heterocycles. The highest BCUT2D eigenvalue weighted by Gasteiger charge is 2.12. The van der Waals surface area contributed by atoms with E-state index in [2.05, 4.69) is 10.3 Å². The number of halogens is 3. The minimum Gasteiger partial charge on any atom is -0.304 e. The van der Waals surface area contributed by atoms with E-state index in [0.717, 1.165) is 22.8 Å². The van der Waals surface area contributed by atoms with E-state index >= 15 is 0 Å². The lowest BCUT2D eigenvalue weighted by atomic mass is 10.2. The summed E-state index contributed by atoms with van der Waals surface area (Å²) in [5.74, 6) is -3.78. The lowest BCUT2D eigenvalue weighted by Crippen LogP contribution is -2.18. The third-order valence-electron chi connectivity index (χ3n) is 2.66. The Balaban J connectivity index is 2.03. The molecule has 0 fully saturated rings. The quantitative estimate of drug-likeness (QED) is 0.866. The van der Waals surface area contributed by atoms with Crippen molar-refractivity contribution in [3.63, 3.8) is 0 Å². The van der Waals surface area contributed by atoms with Gasteiger partial charge in [-0.3, -0.25) is 0 Å². The summed E-state index contributed by atoms with van der Waals surface area (Å²) in [5, 5.41) is 5.93. The van der Waals surface area contributed by atoms with Gasteiger partial charge in [-0.2, -0.15) is 0 Å². The summed E-state index contributed by atoms with van der Waals surface area (Å²) in [4.78, 5) is 4.32. The lowest BCUT2D eigenvalue weighted by molar-refractivity contribution is 0.443. The number of thiazole rings is 1. The van der Waals surface area contributed by atoms with Gasteiger partial charge < -0.3 is 5.32 Å². The van der Waals surface area contributed by atoms with Crippen molar-refractivity contribution in [3.05, 3.63) is 51.2 Å². The van der Waals surface area contributed by atoms with Gasteiger partial charge in [0.2, 0.25) is 0 Å². The molecule has 1 N–H and O–H groups in total. The van der Waals surface area contributed by atoms with Gasteiger partial charge in [-0.25, -0.2) is 18.2 Å². The molecule has 1 aromatic carbocycles. The maximum absolute atomic E-state index is 13.0. The molecule has 2 rings (SSSR count). The van der Waals surface area contributed by atoms with E-state index in [0.29, 0.717) is 5.56 Å². The Morgan fingerprint density at radius 2 is 1.89 bits per heavy atom. The number of nitrogens with one attached hydrogen (secondary N) is 1. The predicted molar refractivity (Wildman–Crippen MR) is 68.4 cm³/mol. The fraction of sp³-hybridized carbons (Fsp3) is 0.308. The second-order valence-electron chi connectivity index (χ2n) is 4.30. The molecule has 0 amide bonds. The molecule has 0 saturated carbocycles. The summed E-state index contributed by atoms with van der Waals surface area (Å²) in [5.41, 5.74) is 1.30. The lowest BCUT2D eigenvalue weighted by Gasteiger charge is -2.11. The Hall–Kier alpha value is -1.40. The van der Waals surface area contributed by atoms with Crippen LogP contribution in [-0.4, -0.2) is 4.98 Å². The summed E-state index contributed by atoms with van der Waals surface area (Å²) in [7, 11) is 0. The SMILES string of the molecule is Cc1csc(C(C)NCc2cc(F)c(F)c(F)c2)n1. The molecule has 0 spiro atoms. The van der Waals surface area contributed by atoms with Gasteiger partial charge in [0, 0.05) is 17.6 Å². The van der Waals surface area contributed by atoms with Crippen molar-refractivity contribution in [2.45, 2.75) is 26.4 Å². The van der Waals surface area contributed by atoms with Crippen LogP contribution in [0.5, 0.6) is 0 Å². The third-order valence-corrected chi connectivity index (χ3v) is 3.81. The van der Waals surface area contributed by atoms with Gasteiger partial charge in [-0.15, -0.1) is 11.3 Å². The van der Waals surface area contributed by atoms with E-state index < -0.39 is 17.5 Å². The van der Waals surface area contributed by atoms with Crippen LogP contribution in [0.25, 0.3) is 0 Å². The third kappa shape index (κ3) is 3.33. The molecule has 1 atom stereocenters. The maximum atomic E-state index is 13.0. The van der Waals surface area contributed by atoms with Crippen LogP contribution >= 0.6 is 11.3 Å². The van der Waals surface area contributed by atoms with Crippen molar-refractivity contribution < 1.29 is 13.2 Å². The van der Waals surface area contributed by atoms with Crippen molar-refractivity contribution >= 4 is 11.3 Å². The van der Waals surface area contributed by atoms with Crippen LogP contribution < -0.4 is 5.32 Å². The van der Waals surface area contributed by atoms with E-state index in [-0.39, 0.29) is 12.6 Å². The van der Waals surface area contributed by atoms with Gasteiger partial charge in [-0.1, -0.05) is 0 Å². The topological polar surface area (TPSA) is 24.9 Å². The van der Waals surface area contributed by atoms with Crippen molar-refractivity contribution in [2.24, 2.45) is 0 Å². The zero-order valence-corrected chi connectivity index (χ0v) is 11.3. The van der Waals surface area contributed by atoms with Crippen LogP contribution in [0.3, 0.4) is 0 Å². The van der Waals surface area contributed by atoms with E-state index in [1.54, 1.807) is 0 Å². The highest BCUT2D eigenvalue weighted by atomic mass is 32.1. The van der Waals surface area contributed by atoms with Gasteiger partial charge in [0.15, 0.2) is 17.5 Å². The van der Waals surface area contributed by atoms with Crippen molar-refractivity contribution in [3.8, 4) is 0 Å². The number of aromatic nitrogens is 1. The summed E-state index contributed by atoms with van der Waals surface area (Å²) in [6.45, 7) is 4.06. The molecule has 1 aromatic heterocycles. The van der Waals surface area contributed by atoms with Gasteiger partial charge in [0.25, 0.3) is 0 Å². The van der Waals surface area contributed by atoms with Crippen LogP contribution in [0.15, 0.2) is 17.5 Å². The van der Waals surface area contributed by atoms with Gasteiger partial charge in [0.05, 0.1) is 6.04 Å². The summed E-state index contributed by atoms with van der Waals surface area (Å²) in [6, 6.07) is 1.95. The van der Waals surface area contributed by atoms with Crippen LogP contribution in [0.1, 0.15) is 29.2 Å². The molecule has 19 heavy (non-hydrogen) atoms. The second-order valence-corrected chi connectivity index (χ2v) is 5.19. The predicted octanol–water partition coefficient (Wildman–Crippen LogP) is 3.72. The molecule has 0 bridgehead atoms. The number of nitrogens with zero attached hydrogens (tertiary/aromatic N) is 1. The van der Waals surface area contributed by atoms with E-state index in [1.807, 2.05) is 19.2 Å². The largest absolute Gasteiger partial charge is 0.304 e. The van der Waals surface area contributed by atoms with Crippen LogP contribution in [-0.2, 0) is 6.54 Å². The fourth-order valence-corrected chi connectivity index (χ4v) is 2.47. The molecule has 0 saturated heterocycles. The zero-order valence-electron chi connectivity index (χ0n) is 10.5. The molecule has 1 heterocycles. The highest BCUT2D eigenvalue weighted by molar-refractivity contribution is 7.09. The monoisotopic (exact) mass is 286 g/mol. The minimum atomic E-state index is -1.44. The molecule has 2 aromatic rings. The van der Waals surface area contributed by atoms with Gasteiger partial charge in [0.1, 0.15) is 5.01 Å². The molecule has 2 nitrogen and oxygen atoms in total.